The van der Waals surface area contributed by atoms with Crippen LogP contribution in [0.5, 0.6) is 0 Å². The Bertz CT molecular complexity index is 581. The van der Waals surface area contributed by atoms with Crippen LogP contribution in [0.3, 0.4) is 0 Å². The number of nitrogens with two attached hydrogens (primary N) is 1. The SMILES string of the molecule is Cc1ccc(N(C)Cc2ccccc2F)c(CCN)c1. The summed E-state index contributed by atoms with van der Waals surface area (Å²) in [6, 6.07) is 13.2. The van der Waals surface area contributed by atoms with Crippen molar-refractivity contribution >= 4 is 5.69 Å². The number of benzene rings is 2. The van der Waals surface area contributed by atoms with Gasteiger partial charge in [0.25, 0.3) is 0 Å². The van der Waals surface area contributed by atoms with Gasteiger partial charge in [0.15, 0.2) is 0 Å². The standard InChI is InChI=1S/C17H21FN2/c1-13-7-8-17(14(11-13)9-10-19)20(2)12-15-5-3-4-6-16(15)18/h3-8,11H,9-10,12,19H2,1-2H3. The predicted octanol–water partition coefficient (Wildman–Crippen LogP) is 3.27. The summed E-state index contributed by atoms with van der Waals surface area (Å²) < 4.78 is 13.7. The summed E-state index contributed by atoms with van der Waals surface area (Å²) >= 11 is 0. The molecule has 2 aromatic carbocycles. The van der Waals surface area contributed by atoms with Crippen molar-refractivity contribution in [2.24, 2.45) is 5.73 Å². The van der Waals surface area contributed by atoms with Crippen LogP contribution in [0.15, 0.2) is 42.5 Å². The second kappa shape index (κ2) is 6.53. The van der Waals surface area contributed by atoms with E-state index in [1.165, 1.54) is 17.2 Å². The molecule has 0 aliphatic rings. The third-order valence-corrected chi connectivity index (χ3v) is 3.43. The number of aryl methyl sites for hydroxylation is 1. The van der Waals surface area contributed by atoms with E-state index in [4.69, 9.17) is 5.73 Å². The fourth-order valence-corrected chi connectivity index (χ4v) is 2.41. The van der Waals surface area contributed by atoms with Crippen LogP contribution in [-0.4, -0.2) is 13.6 Å². The van der Waals surface area contributed by atoms with Crippen molar-refractivity contribution in [3.8, 4) is 0 Å². The maximum atomic E-state index is 13.7. The van der Waals surface area contributed by atoms with Gasteiger partial charge in [-0.3, -0.25) is 0 Å². The molecule has 0 bridgehead atoms. The molecule has 0 amide bonds. The quantitative estimate of drug-likeness (QED) is 0.905. The number of anilines is 1. The lowest BCUT2D eigenvalue weighted by Crippen LogP contribution is -2.19. The molecule has 20 heavy (non-hydrogen) atoms. The smallest absolute Gasteiger partial charge is 0.128 e. The topological polar surface area (TPSA) is 29.3 Å². The Hall–Kier alpha value is -1.87. The maximum Gasteiger partial charge on any atom is 0.128 e. The lowest BCUT2D eigenvalue weighted by Gasteiger charge is -2.23. The Balaban J connectivity index is 2.25. The molecule has 0 saturated heterocycles. The molecular formula is C17H21FN2. The maximum absolute atomic E-state index is 13.7. The van der Waals surface area contributed by atoms with Crippen molar-refractivity contribution in [1.29, 1.82) is 0 Å². The minimum atomic E-state index is -0.160. The number of rotatable bonds is 5. The van der Waals surface area contributed by atoms with Gasteiger partial charge in [-0.15, -0.1) is 0 Å². The molecule has 0 atom stereocenters. The molecule has 3 heteroatoms. The van der Waals surface area contributed by atoms with Crippen molar-refractivity contribution in [2.75, 3.05) is 18.5 Å². The van der Waals surface area contributed by atoms with E-state index in [0.717, 1.165) is 12.1 Å². The van der Waals surface area contributed by atoms with Crippen LogP contribution in [-0.2, 0) is 13.0 Å². The van der Waals surface area contributed by atoms with Crippen LogP contribution >= 0.6 is 0 Å². The highest BCUT2D eigenvalue weighted by molar-refractivity contribution is 5.55. The number of nitrogens with zero attached hydrogens (tertiary/aromatic N) is 1. The molecule has 0 saturated carbocycles. The molecule has 0 radical (unpaired) electrons. The zero-order valence-electron chi connectivity index (χ0n) is 12.1. The number of halogens is 1. The zero-order chi connectivity index (χ0) is 14.5. The lowest BCUT2D eigenvalue weighted by atomic mass is 10.0. The minimum Gasteiger partial charge on any atom is -0.370 e. The van der Waals surface area contributed by atoms with E-state index in [-0.39, 0.29) is 5.82 Å². The average Bonchev–Trinajstić information content (AvgIpc) is 2.42. The van der Waals surface area contributed by atoms with E-state index in [2.05, 4.69) is 30.0 Å². The van der Waals surface area contributed by atoms with Gasteiger partial charge in [-0.05, 0) is 37.6 Å². The third kappa shape index (κ3) is 3.36. The van der Waals surface area contributed by atoms with E-state index in [0.29, 0.717) is 18.7 Å². The molecular weight excluding hydrogens is 251 g/mol. The molecule has 0 unspecified atom stereocenters. The first-order valence-electron chi connectivity index (χ1n) is 6.86. The van der Waals surface area contributed by atoms with Crippen LogP contribution in [0, 0.1) is 12.7 Å². The summed E-state index contributed by atoms with van der Waals surface area (Å²) in [6.07, 6.45) is 0.832. The Labute approximate surface area is 120 Å². The van der Waals surface area contributed by atoms with E-state index in [1.54, 1.807) is 6.07 Å². The molecule has 2 N–H and O–H groups in total. The molecule has 0 fully saturated rings. The number of hydrogen-bond donors (Lipinski definition) is 1. The number of hydrogen-bond acceptors (Lipinski definition) is 2. The first-order chi connectivity index (χ1) is 9.61. The van der Waals surface area contributed by atoms with E-state index in [9.17, 15) is 4.39 Å². The Morgan fingerprint density at radius 3 is 2.55 bits per heavy atom. The minimum absolute atomic E-state index is 0.160. The van der Waals surface area contributed by atoms with Gasteiger partial charge in [-0.2, -0.15) is 0 Å². The van der Waals surface area contributed by atoms with Gasteiger partial charge in [0.1, 0.15) is 5.82 Å². The second-order valence-corrected chi connectivity index (χ2v) is 5.12. The highest BCUT2D eigenvalue weighted by Gasteiger charge is 2.10. The summed E-state index contributed by atoms with van der Waals surface area (Å²) in [4.78, 5) is 2.07. The molecule has 0 aliphatic heterocycles. The third-order valence-electron chi connectivity index (χ3n) is 3.43. The summed E-state index contributed by atoms with van der Waals surface area (Å²) in [5.41, 5.74) is 9.93. The highest BCUT2D eigenvalue weighted by atomic mass is 19.1. The van der Waals surface area contributed by atoms with Crippen LogP contribution in [0.25, 0.3) is 0 Å². The summed E-state index contributed by atoms with van der Waals surface area (Å²) in [7, 11) is 1.98. The summed E-state index contributed by atoms with van der Waals surface area (Å²) in [5, 5.41) is 0. The first-order valence-corrected chi connectivity index (χ1v) is 6.86. The van der Waals surface area contributed by atoms with E-state index < -0.39 is 0 Å². The van der Waals surface area contributed by atoms with Crippen LogP contribution < -0.4 is 10.6 Å². The van der Waals surface area contributed by atoms with Crippen molar-refractivity contribution in [3.05, 3.63) is 65.0 Å². The van der Waals surface area contributed by atoms with Crippen molar-refractivity contribution < 1.29 is 4.39 Å². The molecule has 2 aromatic rings. The average molecular weight is 272 g/mol. The van der Waals surface area contributed by atoms with E-state index >= 15 is 0 Å². The van der Waals surface area contributed by atoms with Crippen LogP contribution in [0.1, 0.15) is 16.7 Å². The van der Waals surface area contributed by atoms with Gasteiger partial charge < -0.3 is 10.6 Å². The summed E-state index contributed by atoms with van der Waals surface area (Å²) in [5.74, 6) is -0.160. The monoisotopic (exact) mass is 272 g/mol. The Kier molecular flexibility index (Phi) is 4.74. The predicted molar refractivity (Wildman–Crippen MR) is 82.4 cm³/mol. The largest absolute Gasteiger partial charge is 0.370 e. The molecule has 0 heterocycles. The molecule has 106 valence electrons. The van der Waals surface area contributed by atoms with Crippen molar-refractivity contribution in [1.82, 2.24) is 0 Å². The molecule has 0 spiro atoms. The molecule has 2 rings (SSSR count). The van der Waals surface area contributed by atoms with Gasteiger partial charge in [-0.1, -0.05) is 35.9 Å². The van der Waals surface area contributed by atoms with Gasteiger partial charge in [0.05, 0.1) is 0 Å². The molecule has 2 nitrogen and oxygen atoms in total. The highest BCUT2D eigenvalue weighted by Crippen LogP contribution is 2.23. The van der Waals surface area contributed by atoms with Crippen molar-refractivity contribution in [2.45, 2.75) is 19.9 Å². The fraction of sp³-hybridized carbons (Fsp3) is 0.294. The Morgan fingerprint density at radius 2 is 1.85 bits per heavy atom. The normalized spacial score (nSPS) is 10.6. The molecule has 0 aromatic heterocycles. The van der Waals surface area contributed by atoms with Gasteiger partial charge in [0.2, 0.25) is 0 Å². The van der Waals surface area contributed by atoms with Crippen LogP contribution in [0.2, 0.25) is 0 Å². The van der Waals surface area contributed by atoms with Gasteiger partial charge in [-0.25, -0.2) is 4.39 Å². The van der Waals surface area contributed by atoms with Crippen molar-refractivity contribution in [3.63, 3.8) is 0 Å². The van der Waals surface area contributed by atoms with Gasteiger partial charge >= 0.3 is 0 Å². The lowest BCUT2D eigenvalue weighted by molar-refractivity contribution is 0.608. The zero-order valence-corrected chi connectivity index (χ0v) is 12.1. The first kappa shape index (κ1) is 14.5. The van der Waals surface area contributed by atoms with Gasteiger partial charge in [0, 0.05) is 24.8 Å². The summed E-state index contributed by atoms with van der Waals surface area (Å²) in [6.45, 7) is 3.23. The van der Waals surface area contributed by atoms with E-state index in [1.807, 2.05) is 19.2 Å². The molecule has 0 aliphatic carbocycles. The van der Waals surface area contributed by atoms with Crippen LogP contribution in [0.4, 0.5) is 10.1 Å². The fourth-order valence-electron chi connectivity index (χ4n) is 2.41. The Morgan fingerprint density at radius 1 is 1.10 bits per heavy atom. The second-order valence-electron chi connectivity index (χ2n) is 5.12.